The second kappa shape index (κ2) is 12.8. The zero-order valence-electron chi connectivity index (χ0n) is 20.5. The van der Waals surface area contributed by atoms with Gasteiger partial charge in [-0.25, -0.2) is 0 Å². The first-order valence-corrected chi connectivity index (χ1v) is 14.6. The van der Waals surface area contributed by atoms with Crippen molar-refractivity contribution < 1.29 is 28.5 Å². The Kier molecular flexibility index (Phi) is 10.5. The molecule has 0 heterocycles. The molecular formula is C26H35AsO6. The molecule has 0 aliphatic heterocycles. The third-order valence-electron chi connectivity index (χ3n) is 5.52. The molecule has 2 rings (SSSR count). The molecule has 7 heteroatoms. The van der Waals surface area contributed by atoms with Crippen molar-refractivity contribution in [3.8, 4) is 11.5 Å². The predicted molar refractivity (Wildman–Crippen MR) is 131 cm³/mol. The van der Waals surface area contributed by atoms with Crippen molar-refractivity contribution in [1.29, 1.82) is 0 Å². The molecule has 0 bridgehead atoms. The van der Waals surface area contributed by atoms with Gasteiger partial charge in [0.05, 0.1) is 0 Å². The molecule has 0 aliphatic carbocycles. The van der Waals surface area contributed by atoms with Crippen molar-refractivity contribution in [3.05, 3.63) is 59.2 Å². The molecule has 33 heavy (non-hydrogen) atoms. The normalized spacial score (nSPS) is 12.2. The molecule has 0 aromatic heterocycles. The number of hydrogen-bond acceptors (Lipinski definition) is 6. The van der Waals surface area contributed by atoms with Crippen LogP contribution < -0.4 is 9.47 Å². The molecule has 0 saturated carbocycles. The average Bonchev–Trinajstić information content (AvgIpc) is 2.82. The van der Waals surface area contributed by atoms with E-state index < -0.39 is 26.2 Å². The van der Waals surface area contributed by atoms with E-state index in [0.717, 1.165) is 23.6 Å². The van der Waals surface area contributed by atoms with E-state index in [1.165, 1.54) is 12.7 Å². The Labute approximate surface area is 201 Å². The number of hydrogen-bond donors (Lipinski definition) is 0. The molecule has 6 nitrogen and oxygen atoms in total. The number of methoxy groups -OCH3 is 3. The van der Waals surface area contributed by atoms with Crippen molar-refractivity contribution in [2.75, 3.05) is 27.9 Å². The number of aryl methyl sites for hydroxylation is 1. The quantitative estimate of drug-likeness (QED) is 0.280. The SMILES string of the molecule is COC(=O)C(C)(C)OCC[As](CCCc1ccccc1)C(=O)c1cc(OC)c(C)c(OC)c1. The maximum atomic E-state index is 13.6. The van der Waals surface area contributed by atoms with Gasteiger partial charge in [-0.1, -0.05) is 0 Å². The molecule has 0 amide bonds. The van der Waals surface area contributed by atoms with Gasteiger partial charge in [0, 0.05) is 0 Å². The Morgan fingerprint density at radius 2 is 1.55 bits per heavy atom. The second-order valence-corrected chi connectivity index (χ2v) is 13.2. The summed E-state index contributed by atoms with van der Waals surface area (Å²) in [6, 6.07) is 13.9. The molecule has 0 spiro atoms. The molecule has 1 unspecified atom stereocenters. The fraction of sp³-hybridized carbons (Fsp3) is 0.462. The summed E-state index contributed by atoms with van der Waals surface area (Å²) in [4.78, 5) is 25.5. The van der Waals surface area contributed by atoms with Gasteiger partial charge in [-0.3, -0.25) is 0 Å². The first-order chi connectivity index (χ1) is 15.7. The number of esters is 1. The molecule has 180 valence electrons. The van der Waals surface area contributed by atoms with Crippen molar-refractivity contribution in [2.24, 2.45) is 0 Å². The van der Waals surface area contributed by atoms with Crippen LogP contribution in [0.5, 0.6) is 11.5 Å². The summed E-state index contributed by atoms with van der Waals surface area (Å²) in [6.45, 7) is 5.61. The van der Waals surface area contributed by atoms with Crippen LogP contribution in [0.3, 0.4) is 0 Å². The van der Waals surface area contributed by atoms with E-state index in [-0.39, 0.29) is 4.57 Å². The number of rotatable bonds is 13. The molecule has 0 N–H and O–H groups in total. The summed E-state index contributed by atoms with van der Waals surface area (Å²) in [6.07, 6.45) is 1.85. The monoisotopic (exact) mass is 518 g/mol. The van der Waals surface area contributed by atoms with E-state index >= 15 is 0 Å². The van der Waals surface area contributed by atoms with E-state index in [0.29, 0.717) is 28.9 Å². The summed E-state index contributed by atoms with van der Waals surface area (Å²) in [5.74, 6) is 0.850. The summed E-state index contributed by atoms with van der Waals surface area (Å²) in [7, 11) is 4.53. The molecule has 0 aliphatic rings. The molecule has 2 aromatic rings. The van der Waals surface area contributed by atoms with E-state index in [2.05, 4.69) is 12.1 Å². The summed E-state index contributed by atoms with van der Waals surface area (Å²) >= 11 is -2.02. The number of carbonyl (C=O) groups excluding carboxylic acids is 2. The van der Waals surface area contributed by atoms with Crippen LogP contribution in [0.15, 0.2) is 42.5 Å². The van der Waals surface area contributed by atoms with Crippen LogP contribution in [0.2, 0.25) is 10.4 Å². The second-order valence-electron chi connectivity index (χ2n) is 8.24. The fourth-order valence-electron chi connectivity index (χ4n) is 3.54. The van der Waals surface area contributed by atoms with Crippen LogP contribution in [-0.4, -0.2) is 58.7 Å². The van der Waals surface area contributed by atoms with Crippen LogP contribution in [0.1, 0.15) is 41.8 Å². The van der Waals surface area contributed by atoms with Crippen LogP contribution >= 0.6 is 0 Å². The van der Waals surface area contributed by atoms with Gasteiger partial charge < -0.3 is 0 Å². The first kappa shape index (κ1) is 26.9. The Balaban J connectivity index is 2.18. The first-order valence-electron chi connectivity index (χ1n) is 11.0. The topological polar surface area (TPSA) is 71.1 Å². The summed E-state index contributed by atoms with van der Waals surface area (Å²) in [5, 5.41) is 1.49. The van der Waals surface area contributed by atoms with Gasteiger partial charge in [-0.2, -0.15) is 0 Å². The van der Waals surface area contributed by atoms with Gasteiger partial charge in [0.25, 0.3) is 0 Å². The van der Waals surface area contributed by atoms with Crippen molar-refractivity contribution >= 4 is 25.2 Å². The minimum absolute atomic E-state index is 0.159. The summed E-state index contributed by atoms with van der Waals surface area (Å²) < 4.78 is 21.7. The molecule has 0 saturated heterocycles. The Morgan fingerprint density at radius 1 is 0.939 bits per heavy atom. The standard InChI is InChI=1S/C26H35AsO6/c1-19-22(30-4)17-21(18-23(19)31-5)24(28)27(14-10-13-20-11-8-7-9-12-20)15-16-33-26(2,3)25(29)32-6/h7-9,11-12,17-18H,10,13-16H2,1-6H3. The maximum absolute atomic E-state index is 13.6. The van der Waals surface area contributed by atoms with Gasteiger partial charge in [0.15, 0.2) is 0 Å². The van der Waals surface area contributed by atoms with Gasteiger partial charge in [0.2, 0.25) is 0 Å². The number of ether oxygens (including phenoxy) is 4. The molecule has 2 aromatic carbocycles. The van der Waals surface area contributed by atoms with E-state index in [4.69, 9.17) is 18.9 Å². The average molecular weight is 518 g/mol. The Hall–Kier alpha value is -2.30. The van der Waals surface area contributed by atoms with Crippen molar-refractivity contribution in [1.82, 2.24) is 0 Å². The van der Waals surface area contributed by atoms with Crippen molar-refractivity contribution in [3.63, 3.8) is 0 Å². The van der Waals surface area contributed by atoms with E-state index in [1.807, 2.05) is 25.1 Å². The van der Waals surface area contributed by atoms with Gasteiger partial charge in [-0.15, -0.1) is 0 Å². The zero-order valence-corrected chi connectivity index (χ0v) is 22.4. The Morgan fingerprint density at radius 3 is 2.09 bits per heavy atom. The van der Waals surface area contributed by atoms with Gasteiger partial charge >= 0.3 is 202 Å². The van der Waals surface area contributed by atoms with Crippen LogP contribution in [0.25, 0.3) is 0 Å². The van der Waals surface area contributed by atoms with E-state index in [1.54, 1.807) is 40.2 Å². The number of carbonyl (C=O) groups is 2. The number of benzene rings is 2. The molecule has 1 atom stereocenters. The van der Waals surface area contributed by atoms with Crippen LogP contribution in [0.4, 0.5) is 0 Å². The van der Waals surface area contributed by atoms with E-state index in [9.17, 15) is 9.59 Å². The third kappa shape index (κ3) is 7.62. The molecule has 0 fully saturated rings. The Bertz CT molecular complexity index is 901. The predicted octanol–water partition coefficient (Wildman–Crippen LogP) is 4.83. The summed E-state index contributed by atoms with van der Waals surface area (Å²) in [5.41, 5.74) is 1.70. The zero-order chi connectivity index (χ0) is 24.4. The van der Waals surface area contributed by atoms with Crippen LogP contribution in [-0.2, 0) is 20.7 Å². The van der Waals surface area contributed by atoms with Crippen LogP contribution in [0, 0.1) is 6.92 Å². The molecular weight excluding hydrogens is 483 g/mol. The van der Waals surface area contributed by atoms with Gasteiger partial charge in [-0.05, 0) is 0 Å². The fourth-order valence-corrected chi connectivity index (χ4v) is 7.69. The van der Waals surface area contributed by atoms with Crippen molar-refractivity contribution in [2.45, 2.75) is 49.6 Å². The molecule has 0 radical (unpaired) electrons. The third-order valence-corrected chi connectivity index (χ3v) is 10.6. The van der Waals surface area contributed by atoms with Gasteiger partial charge in [0.1, 0.15) is 0 Å². The minimum atomic E-state index is -2.02.